The molecule has 0 bridgehead atoms. The SMILES string of the molecule is CCC(NC(=O)Cc1cccc(C(F)(F)F)c1)C(=O)Nc1cc(-c2ccccc2)n[nH]1. The highest BCUT2D eigenvalue weighted by molar-refractivity contribution is 5.97. The molecule has 31 heavy (non-hydrogen) atoms. The van der Waals surface area contributed by atoms with Crippen molar-refractivity contribution < 1.29 is 22.8 Å². The maximum Gasteiger partial charge on any atom is 0.416 e. The standard InChI is InChI=1S/C22H21F3N4O2/c1-2-17(26-20(30)12-14-7-6-10-16(11-14)22(23,24)25)21(31)27-19-13-18(28-29-19)15-8-4-3-5-9-15/h3-11,13,17H,2,12H2,1H3,(H,26,30)(H2,27,28,29,31). The van der Waals surface area contributed by atoms with Crippen molar-refractivity contribution in [3.05, 3.63) is 71.8 Å². The smallest absolute Gasteiger partial charge is 0.344 e. The zero-order valence-corrected chi connectivity index (χ0v) is 16.7. The number of carbonyl (C=O) groups is 2. The van der Waals surface area contributed by atoms with E-state index in [4.69, 9.17) is 0 Å². The summed E-state index contributed by atoms with van der Waals surface area (Å²) in [4.78, 5) is 24.8. The molecule has 3 N–H and O–H groups in total. The summed E-state index contributed by atoms with van der Waals surface area (Å²) in [6, 6.07) is 14.8. The van der Waals surface area contributed by atoms with Crippen LogP contribution in [0.4, 0.5) is 19.0 Å². The number of amides is 2. The van der Waals surface area contributed by atoms with Crippen LogP contribution >= 0.6 is 0 Å². The third-order valence-corrected chi connectivity index (χ3v) is 4.58. The molecule has 2 amide bonds. The molecule has 0 spiro atoms. The van der Waals surface area contributed by atoms with Crippen LogP contribution in [0, 0.1) is 0 Å². The second-order valence-corrected chi connectivity index (χ2v) is 6.93. The number of rotatable bonds is 7. The van der Waals surface area contributed by atoms with Gasteiger partial charge in [0.05, 0.1) is 17.7 Å². The lowest BCUT2D eigenvalue weighted by molar-refractivity contribution is -0.137. The first-order valence-corrected chi connectivity index (χ1v) is 9.63. The second kappa shape index (κ2) is 9.46. The number of aromatic nitrogens is 2. The third-order valence-electron chi connectivity index (χ3n) is 4.58. The molecular weight excluding hydrogens is 409 g/mol. The minimum atomic E-state index is -4.49. The number of hydrogen-bond donors (Lipinski definition) is 3. The van der Waals surface area contributed by atoms with Crippen molar-refractivity contribution in [2.75, 3.05) is 5.32 Å². The van der Waals surface area contributed by atoms with Crippen LogP contribution in [0.5, 0.6) is 0 Å². The molecular formula is C22H21F3N4O2. The number of carbonyl (C=O) groups excluding carboxylic acids is 2. The normalized spacial score (nSPS) is 12.3. The minimum Gasteiger partial charge on any atom is -0.344 e. The summed E-state index contributed by atoms with van der Waals surface area (Å²) in [6.45, 7) is 1.72. The fraction of sp³-hybridized carbons (Fsp3) is 0.227. The predicted octanol–water partition coefficient (Wildman–Crippen LogP) is 4.17. The number of alkyl halides is 3. The van der Waals surface area contributed by atoms with Crippen molar-refractivity contribution >= 4 is 17.6 Å². The average Bonchev–Trinajstić information content (AvgIpc) is 3.20. The molecule has 2 aromatic carbocycles. The minimum absolute atomic E-state index is 0.212. The van der Waals surface area contributed by atoms with Gasteiger partial charge in [-0.3, -0.25) is 14.7 Å². The molecule has 0 radical (unpaired) electrons. The Bertz CT molecular complexity index is 1050. The van der Waals surface area contributed by atoms with Crippen LogP contribution in [0.25, 0.3) is 11.3 Å². The lowest BCUT2D eigenvalue weighted by atomic mass is 10.1. The first-order chi connectivity index (χ1) is 14.8. The number of halogens is 3. The summed E-state index contributed by atoms with van der Waals surface area (Å²) in [7, 11) is 0. The van der Waals surface area contributed by atoms with Crippen molar-refractivity contribution in [2.24, 2.45) is 0 Å². The van der Waals surface area contributed by atoms with Gasteiger partial charge in [0, 0.05) is 11.6 Å². The van der Waals surface area contributed by atoms with E-state index in [0.29, 0.717) is 17.9 Å². The Morgan fingerprint density at radius 2 is 1.81 bits per heavy atom. The van der Waals surface area contributed by atoms with E-state index in [0.717, 1.165) is 17.7 Å². The number of nitrogens with one attached hydrogen (secondary N) is 3. The van der Waals surface area contributed by atoms with E-state index in [1.165, 1.54) is 12.1 Å². The number of hydrogen-bond acceptors (Lipinski definition) is 3. The van der Waals surface area contributed by atoms with E-state index >= 15 is 0 Å². The highest BCUT2D eigenvalue weighted by atomic mass is 19.4. The largest absolute Gasteiger partial charge is 0.416 e. The van der Waals surface area contributed by atoms with E-state index in [9.17, 15) is 22.8 Å². The fourth-order valence-corrected chi connectivity index (χ4v) is 3.00. The van der Waals surface area contributed by atoms with Crippen LogP contribution in [-0.2, 0) is 22.2 Å². The molecule has 1 atom stereocenters. The fourth-order valence-electron chi connectivity index (χ4n) is 3.00. The van der Waals surface area contributed by atoms with Crippen LogP contribution in [0.3, 0.4) is 0 Å². The predicted molar refractivity (Wildman–Crippen MR) is 110 cm³/mol. The van der Waals surface area contributed by atoms with Gasteiger partial charge >= 0.3 is 6.18 Å². The van der Waals surface area contributed by atoms with Crippen molar-refractivity contribution in [1.29, 1.82) is 0 Å². The number of H-pyrrole nitrogens is 1. The number of nitrogens with zero attached hydrogens (tertiary/aromatic N) is 1. The number of benzene rings is 2. The summed E-state index contributed by atoms with van der Waals surface area (Å²) in [5, 5.41) is 12.1. The monoisotopic (exact) mass is 430 g/mol. The van der Waals surface area contributed by atoms with Crippen LogP contribution in [0.15, 0.2) is 60.7 Å². The Morgan fingerprint density at radius 3 is 2.48 bits per heavy atom. The molecule has 3 rings (SSSR count). The molecule has 0 aliphatic heterocycles. The summed E-state index contributed by atoms with van der Waals surface area (Å²) < 4.78 is 38.5. The molecule has 0 saturated carbocycles. The Balaban J connectivity index is 1.60. The van der Waals surface area contributed by atoms with Crippen molar-refractivity contribution in [2.45, 2.75) is 32.0 Å². The highest BCUT2D eigenvalue weighted by Gasteiger charge is 2.30. The molecule has 3 aromatic rings. The zero-order valence-electron chi connectivity index (χ0n) is 16.7. The molecule has 9 heteroatoms. The highest BCUT2D eigenvalue weighted by Crippen LogP contribution is 2.29. The van der Waals surface area contributed by atoms with E-state index in [2.05, 4.69) is 20.8 Å². The van der Waals surface area contributed by atoms with Gasteiger partial charge in [-0.1, -0.05) is 55.5 Å². The van der Waals surface area contributed by atoms with Gasteiger partial charge in [0.1, 0.15) is 11.9 Å². The summed E-state index contributed by atoms with van der Waals surface area (Å²) in [6.07, 6.45) is -4.45. The summed E-state index contributed by atoms with van der Waals surface area (Å²) in [5.74, 6) is -0.631. The quantitative estimate of drug-likeness (QED) is 0.526. The first-order valence-electron chi connectivity index (χ1n) is 9.63. The van der Waals surface area contributed by atoms with Crippen molar-refractivity contribution in [3.63, 3.8) is 0 Å². The van der Waals surface area contributed by atoms with Gasteiger partial charge in [-0.05, 0) is 18.1 Å². The Kier molecular flexibility index (Phi) is 6.74. The third kappa shape index (κ3) is 5.94. The van der Waals surface area contributed by atoms with Crippen molar-refractivity contribution in [1.82, 2.24) is 15.5 Å². The van der Waals surface area contributed by atoms with Crippen LogP contribution < -0.4 is 10.6 Å². The van der Waals surface area contributed by atoms with Gasteiger partial charge < -0.3 is 10.6 Å². The molecule has 162 valence electrons. The Morgan fingerprint density at radius 1 is 1.06 bits per heavy atom. The summed E-state index contributed by atoms with van der Waals surface area (Å²) in [5.41, 5.74) is 0.915. The maximum absolute atomic E-state index is 12.8. The van der Waals surface area contributed by atoms with Crippen LogP contribution in [0.1, 0.15) is 24.5 Å². The lowest BCUT2D eigenvalue weighted by Crippen LogP contribution is -2.44. The number of aromatic amines is 1. The van der Waals surface area contributed by atoms with Gasteiger partial charge in [-0.15, -0.1) is 0 Å². The van der Waals surface area contributed by atoms with Crippen LogP contribution in [-0.4, -0.2) is 28.1 Å². The molecule has 0 aliphatic rings. The van der Waals surface area contributed by atoms with Gasteiger partial charge in [0.15, 0.2) is 0 Å². The molecule has 1 unspecified atom stereocenters. The van der Waals surface area contributed by atoms with E-state index in [1.54, 1.807) is 13.0 Å². The molecule has 0 aliphatic carbocycles. The first kappa shape index (κ1) is 22.1. The maximum atomic E-state index is 12.8. The van der Waals surface area contributed by atoms with Gasteiger partial charge in [0.2, 0.25) is 11.8 Å². The van der Waals surface area contributed by atoms with E-state index in [1.807, 2.05) is 30.3 Å². The lowest BCUT2D eigenvalue weighted by Gasteiger charge is -2.16. The van der Waals surface area contributed by atoms with Gasteiger partial charge in [-0.25, -0.2) is 0 Å². The zero-order chi connectivity index (χ0) is 22.4. The van der Waals surface area contributed by atoms with E-state index < -0.39 is 29.6 Å². The van der Waals surface area contributed by atoms with Gasteiger partial charge in [0.25, 0.3) is 0 Å². The van der Waals surface area contributed by atoms with Gasteiger partial charge in [-0.2, -0.15) is 18.3 Å². The average molecular weight is 430 g/mol. The van der Waals surface area contributed by atoms with Crippen LogP contribution in [0.2, 0.25) is 0 Å². The van der Waals surface area contributed by atoms with E-state index in [-0.39, 0.29) is 12.0 Å². The molecule has 1 aromatic heterocycles. The molecule has 6 nitrogen and oxygen atoms in total. The summed E-state index contributed by atoms with van der Waals surface area (Å²) >= 11 is 0. The molecule has 1 heterocycles. The molecule has 0 saturated heterocycles. The number of anilines is 1. The molecule has 0 fully saturated rings. The Hall–Kier alpha value is -3.62. The van der Waals surface area contributed by atoms with Crippen molar-refractivity contribution in [3.8, 4) is 11.3 Å². The second-order valence-electron chi connectivity index (χ2n) is 6.93. The Labute approximate surface area is 176 Å². The topological polar surface area (TPSA) is 86.9 Å².